The van der Waals surface area contributed by atoms with Crippen LogP contribution in [0, 0.1) is 0 Å². The van der Waals surface area contributed by atoms with E-state index in [-0.39, 0.29) is 5.91 Å². The first-order valence-electron chi connectivity index (χ1n) is 8.77. The summed E-state index contributed by atoms with van der Waals surface area (Å²) in [5.74, 6) is -1.23. The molecule has 0 aliphatic carbocycles. The first kappa shape index (κ1) is 20.5. The lowest BCUT2D eigenvalue weighted by molar-refractivity contribution is -0.133. The number of carbonyl (C=O) groups excluding carboxylic acids is 4. The van der Waals surface area contributed by atoms with Crippen LogP contribution in [0.3, 0.4) is 0 Å². The Morgan fingerprint density at radius 3 is 2.21 bits per heavy atom. The van der Waals surface area contributed by atoms with Crippen LogP contribution in [0.5, 0.6) is 0 Å². The standard InChI is InChI=1S/C20H19BrN4O4/c1-12(26)22-13-7-9-14(10-8-13)23-17(27)11-25-18(28)20(2,24-19(25)29)15-5-3-4-6-16(15)21/h3-10H,11H2,1-2H3,(H,22,26)(H,23,27)(H,24,29)/t20-/m0/s1. The van der Waals surface area contributed by atoms with Crippen molar-refractivity contribution in [3.8, 4) is 0 Å². The lowest BCUT2D eigenvalue weighted by atomic mass is 9.92. The Morgan fingerprint density at radius 1 is 1.03 bits per heavy atom. The maximum Gasteiger partial charge on any atom is 0.325 e. The van der Waals surface area contributed by atoms with E-state index in [0.29, 0.717) is 21.4 Å². The number of carbonyl (C=O) groups is 4. The Labute approximate surface area is 175 Å². The minimum absolute atomic E-state index is 0.201. The Bertz CT molecular complexity index is 992. The lowest BCUT2D eigenvalue weighted by Crippen LogP contribution is -2.42. The van der Waals surface area contributed by atoms with Gasteiger partial charge in [-0.15, -0.1) is 0 Å². The molecule has 0 unspecified atom stereocenters. The highest BCUT2D eigenvalue weighted by Gasteiger charge is 2.50. The normalized spacial score (nSPS) is 18.4. The fourth-order valence-electron chi connectivity index (χ4n) is 3.07. The van der Waals surface area contributed by atoms with E-state index in [4.69, 9.17) is 0 Å². The summed E-state index contributed by atoms with van der Waals surface area (Å²) in [6, 6.07) is 12.9. The predicted molar refractivity (Wildman–Crippen MR) is 111 cm³/mol. The van der Waals surface area contributed by atoms with Gasteiger partial charge in [0.05, 0.1) is 0 Å². The van der Waals surface area contributed by atoms with Crippen LogP contribution in [0.1, 0.15) is 19.4 Å². The number of urea groups is 1. The van der Waals surface area contributed by atoms with Crippen molar-refractivity contribution < 1.29 is 19.2 Å². The molecular formula is C20H19BrN4O4. The monoisotopic (exact) mass is 458 g/mol. The lowest BCUT2D eigenvalue weighted by Gasteiger charge is -2.23. The smallest absolute Gasteiger partial charge is 0.325 e. The molecule has 0 aromatic heterocycles. The molecule has 5 amide bonds. The van der Waals surface area contributed by atoms with Gasteiger partial charge in [-0.25, -0.2) is 4.79 Å². The van der Waals surface area contributed by atoms with Crippen molar-refractivity contribution in [2.45, 2.75) is 19.4 Å². The fraction of sp³-hybridized carbons (Fsp3) is 0.200. The van der Waals surface area contributed by atoms with Gasteiger partial charge in [0, 0.05) is 28.3 Å². The number of anilines is 2. The molecular weight excluding hydrogens is 440 g/mol. The molecule has 1 atom stereocenters. The molecule has 9 heteroatoms. The highest BCUT2D eigenvalue weighted by Crippen LogP contribution is 2.33. The van der Waals surface area contributed by atoms with Crippen LogP contribution in [0.4, 0.5) is 16.2 Å². The van der Waals surface area contributed by atoms with E-state index in [1.165, 1.54) is 6.92 Å². The molecule has 0 bridgehead atoms. The SMILES string of the molecule is CC(=O)Nc1ccc(NC(=O)CN2C(=O)N[C@@](C)(c3ccccc3Br)C2=O)cc1. The maximum atomic E-state index is 12.9. The van der Waals surface area contributed by atoms with Crippen LogP contribution in [0.15, 0.2) is 53.0 Å². The largest absolute Gasteiger partial charge is 0.326 e. The van der Waals surface area contributed by atoms with E-state index in [1.807, 2.05) is 0 Å². The molecule has 1 heterocycles. The highest BCUT2D eigenvalue weighted by molar-refractivity contribution is 9.10. The zero-order valence-corrected chi connectivity index (χ0v) is 17.4. The second-order valence-corrected chi connectivity index (χ2v) is 7.59. The minimum atomic E-state index is -1.27. The van der Waals surface area contributed by atoms with Gasteiger partial charge >= 0.3 is 6.03 Å². The summed E-state index contributed by atoms with van der Waals surface area (Å²) in [5.41, 5.74) is 0.408. The maximum absolute atomic E-state index is 12.9. The minimum Gasteiger partial charge on any atom is -0.326 e. The van der Waals surface area contributed by atoms with Crippen LogP contribution >= 0.6 is 15.9 Å². The Kier molecular flexibility index (Phi) is 5.69. The van der Waals surface area contributed by atoms with Crippen LogP contribution in [0.2, 0.25) is 0 Å². The summed E-state index contributed by atoms with van der Waals surface area (Å²) >= 11 is 3.40. The summed E-state index contributed by atoms with van der Waals surface area (Å²) in [6.07, 6.45) is 0. The van der Waals surface area contributed by atoms with Crippen LogP contribution < -0.4 is 16.0 Å². The molecule has 0 saturated carbocycles. The molecule has 1 aliphatic heterocycles. The summed E-state index contributed by atoms with van der Waals surface area (Å²) in [5, 5.41) is 7.93. The molecule has 2 aromatic rings. The second-order valence-electron chi connectivity index (χ2n) is 6.73. The number of imide groups is 1. The van der Waals surface area contributed by atoms with Crippen molar-refractivity contribution >= 4 is 51.1 Å². The number of hydrogen-bond donors (Lipinski definition) is 3. The van der Waals surface area contributed by atoms with E-state index in [9.17, 15) is 19.2 Å². The third-order valence-corrected chi connectivity index (χ3v) is 5.17. The van der Waals surface area contributed by atoms with Crippen molar-refractivity contribution in [1.82, 2.24) is 10.2 Å². The number of nitrogens with zero attached hydrogens (tertiary/aromatic N) is 1. The number of halogens is 1. The summed E-state index contributed by atoms with van der Waals surface area (Å²) in [6.45, 7) is 2.58. The number of rotatable bonds is 5. The molecule has 8 nitrogen and oxygen atoms in total. The zero-order valence-electron chi connectivity index (χ0n) is 15.8. The van der Waals surface area contributed by atoms with Gasteiger partial charge < -0.3 is 16.0 Å². The number of nitrogens with one attached hydrogen (secondary N) is 3. The van der Waals surface area contributed by atoms with Crippen molar-refractivity contribution in [3.05, 3.63) is 58.6 Å². The first-order chi connectivity index (χ1) is 13.7. The zero-order chi connectivity index (χ0) is 21.2. The predicted octanol–water partition coefficient (Wildman–Crippen LogP) is 2.81. The van der Waals surface area contributed by atoms with Crippen LogP contribution in [-0.2, 0) is 19.9 Å². The van der Waals surface area contributed by atoms with E-state index in [0.717, 1.165) is 4.90 Å². The average Bonchev–Trinajstić information content (AvgIpc) is 2.87. The molecule has 3 N–H and O–H groups in total. The van der Waals surface area contributed by atoms with E-state index in [2.05, 4.69) is 31.9 Å². The molecule has 1 fully saturated rings. The van der Waals surface area contributed by atoms with Gasteiger partial charge in [0.2, 0.25) is 11.8 Å². The molecule has 150 valence electrons. The van der Waals surface area contributed by atoms with Gasteiger partial charge in [-0.2, -0.15) is 0 Å². The van der Waals surface area contributed by atoms with Crippen molar-refractivity contribution in [2.24, 2.45) is 0 Å². The van der Waals surface area contributed by atoms with Gasteiger partial charge in [0.1, 0.15) is 12.1 Å². The quantitative estimate of drug-likeness (QED) is 0.598. The highest BCUT2D eigenvalue weighted by atomic mass is 79.9. The number of amides is 5. The van der Waals surface area contributed by atoms with Crippen LogP contribution in [-0.4, -0.2) is 35.2 Å². The fourth-order valence-corrected chi connectivity index (χ4v) is 3.76. The molecule has 2 aromatic carbocycles. The van der Waals surface area contributed by atoms with Gasteiger partial charge in [-0.05, 0) is 37.3 Å². The summed E-state index contributed by atoms with van der Waals surface area (Å²) in [4.78, 5) is 49.6. The molecule has 29 heavy (non-hydrogen) atoms. The topological polar surface area (TPSA) is 108 Å². The molecule has 1 aliphatic rings. The van der Waals surface area contributed by atoms with Gasteiger partial charge in [0.25, 0.3) is 5.91 Å². The molecule has 1 saturated heterocycles. The Hall–Kier alpha value is -3.20. The van der Waals surface area contributed by atoms with E-state index >= 15 is 0 Å². The van der Waals surface area contributed by atoms with Crippen molar-refractivity contribution in [2.75, 3.05) is 17.2 Å². The number of benzene rings is 2. The van der Waals surface area contributed by atoms with Gasteiger partial charge in [-0.3, -0.25) is 19.3 Å². The van der Waals surface area contributed by atoms with Crippen LogP contribution in [0.25, 0.3) is 0 Å². The van der Waals surface area contributed by atoms with E-state index < -0.39 is 29.9 Å². The van der Waals surface area contributed by atoms with Gasteiger partial charge in [-0.1, -0.05) is 34.1 Å². The molecule has 0 spiro atoms. The first-order valence-corrected chi connectivity index (χ1v) is 9.56. The Morgan fingerprint density at radius 2 is 1.62 bits per heavy atom. The Balaban J connectivity index is 1.69. The summed E-state index contributed by atoms with van der Waals surface area (Å²) in [7, 11) is 0. The molecule has 0 radical (unpaired) electrons. The average molecular weight is 459 g/mol. The van der Waals surface area contributed by atoms with Crippen molar-refractivity contribution in [3.63, 3.8) is 0 Å². The third kappa shape index (κ3) is 4.29. The third-order valence-electron chi connectivity index (χ3n) is 4.48. The second kappa shape index (κ2) is 8.04. The molecule has 3 rings (SSSR count). The van der Waals surface area contributed by atoms with E-state index in [1.54, 1.807) is 55.5 Å². The summed E-state index contributed by atoms with van der Waals surface area (Å²) < 4.78 is 0.682. The van der Waals surface area contributed by atoms with Crippen molar-refractivity contribution in [1.29, 1.82) is 0 Å². The number of hydrogen-bond acceptors (Lipinski definition) is 4. The van der Waals surface area contributed by atoms with Gasteiger partial charge in [0.15, 0.2) is 0 Å².